The third-order valence-electron chi connectivity index (χ3n) is 2.95. The lowest BCUT2D eigenvalue weighted by molar-refractivity contribution is -0.137. The smallest absolute Gasteiger partial charge is 0.416 e. The molecule has 7 nitrogen and oxygen atoms in total. The minimum atomic E-state index is -4.45. The van der Waals surface area contributed by atoms with Crippen molar-refractivity contribution in [2.45, 2.75) is 19.6 Å². The second-order valence-electron chi connectivity index (χ2n) is 4.67. The molecule has 0 aliphatic carbocycles. The van der Waals surface area contributed by atoms with Crippen LogP contribution in [-0.2, 0) is 17.5 Å². The molecule has 1 aromatic carbocycles. The van der Waals surface area contributed by atoms with E-state index in [1.165, 1.54) is 16.8 Å². The Labute approximate surface area is 134 Å². The third-order valence-corrected chi connectivity index (χ3v) is 2.95. The van der Waals surface area contributed by atoms with Crippen molar-refractivity contribution >= 4 is 18.1 Å². The van der Waals surface area contributed by atoms with Gasteiger partial charge in [-0.3, -0.25) is 4.79 Å². The Hall–Kier alpha value is -2.91. The summed E-state index contributed by atoms with van der Waals surface area (Å²) in [4.78, 5) is 15.3. The molecule has 0 aliphatic rings. The van der Waals surface area contributed by atoms with Gasteiger partial charge >= 0.3 is 6.18 Å². The van der Waals surface area contributed by atoms with Gasteiger partial charge in [-0.1, -0.05) is 17.3 Å². The molecule has 1 heterocycles. The van der Waals surface area contributed by atoms with Gasteiger partial charge in [-0.25, -0.2) is 4.68 Å². The molecule has 0 bridgehead atoms. The number of primary amides is 1. The lowest BCUT2D eigenvalue weighted by Gasteiger charge is -2.09. The Morgan fingerprint density at radius 1 is 1.46 bits per heavy atom. The summed E-state index contributed by atoms with van der Waals surface area (Å²) in [6, 6.07) is 4.74. The van der Waals surface area contributed by atoms with E-state index in [1.54, 1.807) is 6.92 Å². The minimum Gasteiger partial charge on any atom is -0.483 e. The molecule has 2 aromatic rings. The summed E-state index contributed by atoms with van der Waals surface area (Å²) >= 11 is 0. The Balaban J connectivity index is 2.34. The molecule has 24 heavy (non-hydrogen) atoms. The Kier molecular flexibility index (Phi) is 5.17. The predicted molar refractivity (Wildman–Crippen MR) is 78.9 cm³/mol. The van der Waals surface area contributed by atoms with Gasteiger partial charge in [-0.2, -0.15) is 18.2 Å². The highest BCUT2D eigenvalue weighted by molar-refractivity contribution is 5.95. The molecule has 0 aliphatic heterocycles. The average Bonchev–Trinajstić information content (AvgIpc) is 2.90. The number of benzene rings is 1. The first kappa shape index (κ1) is 17.4. The normalized spacial score (nSPS) is 11.8. The van der Waals surface area contributed by atoms with Crippen LogP contribution in [0.3, 0.4) is 0 Å². The minimum absolute atomic E-state index is 0.00774. The van der Waals surface area contributed by atoms with Gasteiger partial charge in [0.15, 0.2) is 17.9 Å². The fraction of sp³-hybridized carbons (Fsp3) is 0.286. The Morgan fingerprint density at radius 2 is 2.21 bits per heavy atom. The van der Waals surface area contributed by atoms with Gasteiger partial charge in [0, 0.05) is 0 Å². The van der Waals surface area contributed by atoms with Crippen molar-refractivity contribution in [3.05, 3.63) is 41.1 Å². The van der Waals surface area contributed by atoms with E-state index < -0.39 is 17.6 Å². The van der Waals surface area contributed by atoms with Crippen LogP contribution in [0, 0.1) is 0 Å². The van der Waals surface area contributed by atoms with Crippen LogP contribution >= 0.6 is 0 Å². The summed E-state index contributed by atoms with van der Waals surface area (Å²) < 4.78 is 44.4. The van der Waals surface area contributed by atoms with Crippen molar-refractivity contribution < 1.29 is 22.7 Å². The van der Waals surface area contributed by atoms with Gasteiger partial charge in [0.1, 0.15) is 0 Å². The van der Waals surface area contributed by atoms with Crippen molar-refractivity contribution in [3.63, 3.8) is 0 Å². The molecule has 1 amide bonds. The molecule has 0 unspecified atom stereocenters. The summed E-state index contributed by atoms with van der Waals surface area (Å²) in [6.07, 6.45) is -3.36. The van der Waals surface area contributed by atoms with E-state index in [0.29, 0.717) is 12.2 Å². The summed E-state index contributed by atoms with van der Waals surface area (Å²) in [5.74, 6) is -0.845. The molecular weight excluding hydrogens is 327 g/mol. The zero-order valence-electron chi connectivity index (χ0n) is 12.6. The van der Waals surface area contributed by atoms with E-state index in [0.717, 1.165) is 18.5 Å². The number of aromatic nitrogens is 3. The summed E-state index contributed by atoms with van der Waals surface area (Å²) in [5, 5.41) is 7.33. The number of hydrogen-bond donors (Lipinski definition) is 1. The number of nitrogens with zero attached hydrogens (tertiary/aromatic N) is 4. The van der Waals surface area contributed by atoms with Gasteiger partial charge in [-0.05, 0) is 24.6 Å². The second kappa shape index (κ2) is 7.11. The zero-order valence-corrected chi connectivity index (χ0v) is 12.6. The predicted octanol–water partition coefficient (Wildman–Crippen LogP) is 2.14. The monoisotopic (exact) mass is 341 g/mol. The number of nitrogens with two attached hydrogens (primary N) is 1. The highest BCUT2D eigenvalue weighted by Crippen LogP contribution is 2.30. The molecule has 0 radical (unpaired) electrons. The summed E-state index contributed by atoms with van der Waals surface area (Å²) in [5.41, 5.74) is 4.53. The maximum absolute atomic E-state index is 12.8. The van der Waals surface area contributed by atoms with Gasteiger partial charge in [0.2, 0.25) is 0 Å². The molecule has 0 fully saturated rings. The number of hydrogen-bond acceptors (Lipinski definition) is 5. The van der Waals surface area contributed by atoms with Crippen molar-refractivity contribution in [2.75, 3.05) is 6.61 Å². The zero-order chi connectivity index (χ0) is 17.7. The number of aliphatic imine (C=N–C) groups is 1. The van der Waals surface area contributed by atoms with Gasteiger partial charge in [0.05, 0.1) is 18.7 Å². The fourth-order valence-corrected chi connectivity index (χ4v) is 1.88. The SMILES string of the molecule is CCOC=Nc1c(C(N)=O)nnn1Cc1cccc(C(F)(F)F)c1. The molecule has 10 heteroatoms. The molecule has 2 rings (SSSR count). The number of amides is 1. The number of rotatable bonds is 6. The summed E-state index contributed by atoms with van der Waals surface area (Å²) in [7, 11) is 0. The van der Waals surface area contributed by atoms with Crippen molar-refractivity contribution in [1.82, 2.24) is 15.0 Å². The molecule has 0 saturated heterocycles. The lowest BCUT2D eigenvalue weighted by Crippen LogP contribution is -2.12. The molecule has 0 spiro atoms. The quantitative estimate of drug-likeness (QED) is 0.643. The molecule has 128 valence electrons. The third kappa shape index (κ3) is 4.09. The molecule has 1 aromatic heterocycles. The van der Waals surface area contributed by atoms with Crippen molar-refractivity contribution in [1.29, 1.82) is 0 Å². The highest BCUT2D eigenvalue weighted by Gasteiger charge is 2.30. The van der Waals surface area contributed by atoms with Crippen LogP contribution in [0.25, 0.3) is 0 Å². The largest absolute Gasteiger partial charge is 0.483 e. The Bertz CT molecular complexity index is 755. The van der Waals surface area contributed by atoms with Crippen LogP contribution in [0.1, 0.15) is 28.5 Å². The maximum Gasteiger partial charge on any atom is 0.416 e. The summed E-state index contributed by atoms with van der Waals surface area (Å²) in [6.45, 7) is 2.02. The van der Waals surface area contributed by atoms with E-state index in [9.17, 15) is 18.0 Å². The number of carbonyl (C=O) groups is 1. The second-order valence-corrected chi connectivity index (χ2v) is 4.67. The van der Waals surface area contributed by atoms with Crippen LogP contribution in [0.2, 0.25) is 0 Å². The number of alkyl halides is 3. The molecule has 2 N–H and O–H groups in total. The van der Waals surface area contributed by atoms with Crippen LogP contribution < -0.4 is 5.73 Å². The first-order valence-corrected chi connectivity index (χ1v) is 6.86. The van der Waals surface area contributed by atoms with Crippen LogP contribution in [0.4, 0.5) is 19.0 Å². The van der Waals surface area contributed by atoms with Crippen molar-refractivity contribution in [3.8, 4) is 0 Å². The number of halogens is 3. The van der Waals surface area contributed by atoms with Gasteiger partial charge in [0.25, 0.3) is 5.91 Å². The average molecular weight is 341 g/mol. The van der Waals surface area contributed by atoms with Crippen LogP contribution in [0.15, 0.2) is 29.3 Å². The molecule has 0 atom stereocenters. The van der Waals surface area contributed by atoms with Crippen molar-refractivity contribution in [2.24, 2.45) is 10.7 Å². The topological polar surface area (TPSA) is 95.4 Å². The van der Waals surface area contributed by atoms with Crippen LogP contribution in [0.5, 0.6) is 0 Å². The van der Waals surface area contributed by atoms with E-state index in [4.69, 9.17) is 10.5 Å². The number of ether oxygens (including phenoxy) is 1. The fourth-order valence-electron chi connectivity index (χ4n) is 1.88. The van der Waals surface area contributed by atoms with E-state index >= 15 is 0 Å². The number of carbonyl (C=O) groups excluding carboxylic acids is 1. The first-order chi connectivity index (χ1) is 11.3. The highest BCUT2D eigenvalue weighted by atomic mass is 19.4. The van der Waals surface area contributed by atoms with E-state index in [1.807, 2.05) is 0 Å². The maximum atomic E-state index is 12.8. The van der Waals surface area contributed by atoms with Gasteiger partial charge in [-0.15, -0.1) is 5.10 Å². The Morgan fingerprint density at radius 3 is 2.83 bits per heavy atom. The standard InChI is InChI=1S/C14H14F3N5O2/c1-2-24-8-19-13-11(12(18)23)20-21-22(13)7-9-4-3-5-10(6-9)14(15,16)17/h3-6,8H,2,7H2,1H3,(H2,18,23). The van der Waals surface area contributed by atoms with Gasteiger partial charge < -0.3 is 10.5 Å². The van der Waals surface area contributed by atoms with Crippen LogP contribution in [-0.4, -0.2) is 33.9 Å². The lowest BCUT2D eigenvalue weighted by atomic mass is 10.1. The van der Waals surface area contributed by atoms with E-state index in [2.05, 4.69) is 15.3 Å². The van der Waals surface area contributed by atoms with E-state index in [-0.39, 0.29) is 18.1 Å². The molecular formula is C14H14F3N5O2. The first-order valence-electron chi connectivity index (χ1n) is 6.86. The molecule has 0 saturated carbocycles.